The average molecular weight is 402 g/mol. The third-order valence-electron chi connectivity index (χ3n) is 3.87. The summed E-state index contributed by atoms with van der Waals surface area (Å²) < 4.78 is 21.5. The lowest BCUT2D eigenvalue weighted by atomic mass is 10.1. The first-order chi connectivity index (χ1) is 13.4. The van der Waals surface area contributed by atoms with Crippen LogP contribution in [0.3, 0.4) is 0 Å². The van der Waals surface area contributed by atoms with E-state index >= 15 is 0 Å². The third kappa shape index (κ3) is 4.28. The molecule has 0 radical (unpaired) electrons. The van der Waals surface area contributed by atoms with Crippen LogP contribution in [-0.2, 0) is 9.53 Å². The van der Waals surface area contributed by atoms with Crippen molar-refractivity contribution in [2.75, 3.05) is 14.2 Å². The van der Waals surface area contributed by atoms with Gasteiger partial charge < -0.3 is 18.9 Å². The Bertz CT molecular complexity index is 948. The Balaban J connectivity index is 1.92. The molecule has 1 heterocycles. The summed E-state index contributed by atoms with van der Waals surface area (Å²) in [7, 11) is 3.11. The van der Waals surface area contributed by atoms with E-state index in [2.05, 4.69) is 4.99 Å². The number of hydrogen-bond donors (Lipinski definition) is 0. The molecule has 0 spiro atoms. The number of benzene rings is 2. The van der Waals surface area contributed by atoms with E-state index in [1.807, 2.05) is 13.8 Å². The van der Waals surface area contributed by atoms with E-state index in [4.69, 9.17) is 30.5 Å². The highest BCUT2D eigenvalue weighted by Gasteiger charge is 2.24. The lowest BCUT2D eigenvalue weighted by Crippen LogP contribution is -2.07. The lowest BCUT2D eigenvalue weighted by Gasteiger charge is -2.15. The Morgan fingerprint density at radius 3 is 2.43 bits per heavy atom. The third-order valence-corrected chi connectivity index (χ3v) is 4.15. The van der Waals surface area contributed by atoms with Crippen molar-refractivity contribution in [2.45, 2.75) is 20.0 Å². The van der Waals surface area contributed by atoms with E-state index < -0.39 is 5.97 Å². The van der Waals surface area contributed by atoms with Gasteiger partial charge in [-0.05, 0) is 61.9 Å². The fourth-order valence-corrected chi connectivity index (χ4v) is 2.86. The molecule has 7 heteroatoms. The van der Waals surface area contributed by atoms with Crippen LogP contribution in [-0.4, -0.2) is 32.2 Å². The van der Waals surface area contributed by atoms with Crippen LogP contribution in [0.1, 0.15) is 25.0 Å². The normalized spacial score (nSPS) is 14.9. The molecular weight excluding hydrogens is 382 g/mol. The number of rotatable bonds is 6. The van der Waals surface area contributed by atoms with Crippen LogP contribution in [0.15, 0.2) is 47.1 Å². The van der Waals surface area contributed by atoms with Crippen LogP contribution >= 0.6 is 11.6 Å². The van der Waals surface area contributed by atoms with Crippen LogP contribution in [0, 0.1) is 0 Å². The summed E-state index contributed by atoms with van der Waals surface area (Å²) in [5.41, 5.74) is 1.49. The minimum Gasteiger partial charge on any atom is -0.497 e. The fourth-order valence-electron chi connectivity index (χ4n) is 2.60. The van der Waals surface area contributed by atoms with Gasteiger partial charge in [0, 0.05) is 5.56 Å². The van der Waals surface area contributed by atoms with E-state index in [0.717, 1.165) is 0 Å². The van der Waals surface area contributed by atoms with Gasteiger partial charge in [0.1, 0.15) is 5.75 Å². The highest BCUT2D eigenvalue weighted by atomic mass is 35.5. The van der Waals surface area contributed by atoms with Crippen LogP contribution in [0.4, 0.5) is 0 Å². The molecule has 0 saturated heterocycles. The molecule has 0 aromatic heterocycles. The predicted octanol–water partition coefficient (Wildman–Crippen LogP) is 4.49. The summed E-state index contributed by atoms with van der Waals surface area (Å²) in [6, 6.07) is 10.5. The zero-order valence-corrected chi connectivity index (χ0v) is 16.7. The maximum atomic E-state index is 12.2. The lowest BCUT2D eigenvalue weighted by molar-refractivity contribution is -0.129. The molecule has 0 N–H and O–H groups in total. The smallest absolute Gasteiger partial charge is 0.363 e. The molecule has 0 bridgehead atoms. The van der Waals surface area contributed by atoms with Gasteiger partial charge in [-0.3, -0.25) is 0 Å². The molecule has 0 saturated carbocycles. The minimum atomic E-state index is -0.539. The number of carbonyl (C=O) groups is 1. The zero-order chi connectivity index (χ0) is 20.3. The topological polar surface area (TPSA) is 66.3 Å². The van der Waals surface area contributed by atoms with Gasteiger partial charge in [0.15, 0.2) is 17.2 Å². The molecule has 1 aliphatic rings. The van der Waals surface area contributed by atoms with Gasteiger partial charge in [-0.25, -0.2) is 9.79 Å². The molecule has 0 fully saturated rings. The monoisotopic (exact) mass is 401 g/mol. The Morgan fingerprint density at radius 1 is 1.11 bits per heavy atom. The Hall–Kier alpha value is -2.99. The zero-order valence-electron chi connectivity index (χ0n) is 16.0. The van der Waals surface area contributed by atoms with Crippen molar-refractivity contribution in [1.82, 2.24) is 0 Å². The Morgan fingerprint density at radius 2 is 1.82 bits per heavy atom. The molecule has 146 valence electrons. The maximum absolute atomic E-state index is 12.2. The van der Waals surface area contributed by atoms with Gasteiger partial charge in [-0.1, -0.05) is 11.6 Å². The maximum Gasteiger partial charge on any atom is 0.363 e. The van der Waals surface area contributed by atoms with Gasteiger partial charge >= 0.3 is 5.97 Å². The second kappa shape index (κ2) is 8.35. The number of esters is 1. The SMILES string of the molecule is COc1ccc(C2=NC(=Cc3cc(Cl)c(OC(C)C)c(OC)c3)C(=O)O2)cc1. The predicted molar refractivity (Wildman–Crippen MR) is 107 cm³/mol. The van der Waals surface area contributed by atoms with Crippen LogP contribution < -0.4 is 14.2 Å². The largest absolute Gasteiger partial charge is 0.497 e. The first-order valence-electron chi connectivity index (χ1n) is 8.62. The summed E-state index contributed by atoms with van der Waals surface area (Å²) in [6.07, 6.45) is 1.53. The first-order valence-corrected chi connectivity index (χ1v) is 9.00. The summed E-state index contributed by atoms with van der Waals surface area (Å²) in [5, 5.41) is 0.380. The summed E-state index contributed by atoms with van der Waals surface area (Å²) in [4.78, 5) is 16.5. The molecule has 2 aromatic carbocycles. The number of ether oxygens (including phenoxy) is 4. The number of halogens is 1. The summed E-state index contributed by atoms with van der Waals surface area (Å²) in [5.74, 6) is 1.33. The molecule has 0 atom stereocenters. The second-order valence-electron chi connectivity index (χ2n) is 6.27. The van der Waals surface area contributed by atoms with E-state index in [-0.39, 0.29) is 17.7 Å². The van der Waals surface area contributed by atoms with Crippen molar-refractivity contribution in [3.63, 3.8) is 0 Å². The van der Waals surface area contributed by atoms with Gasteiger partial charge in [-0.2, -0.15) is 0 Å². The fraction of sp³-hybridized carbons (Fsp3) is 0.238. The highest BCUT2D eigenvalue weighted by molar-refractivity contribution is 6.32. The molecule has 3 rings (SSSR count). The number of hydrogen-bond acceptors (Lipinski definition) is 6. The van der Waals surface area contributed by atoms with Gasteiger partial charge in [0.25, 0.3) is 0 Å². The first kappa shape index (κ1) is 19.8. The summed E-state index contributed by atoms with van der Waals surface area (Å²) in [6.45, 7) is 3.80. The highest BCUT2D eigenvalue weighted by Crippen LogP contribution is 2.38. The molecule has 0 aliphatic carbocycles. The standard InChI is InChI=1S/C21H20ClNO5/c1-12(2)27-19-16(22)9-13(11-18(19)26-4)10-17-21(24)28-20(23-17)14-5-7-15(25-3)8-6-14/h5-12H,1-4H3. The second-order valence-corrected chi connectivity index (χ2v) is 6.67. The summed E-state index contributed by atoms with van der Waals surface area (Å²) >= 11 is 6.33. The van der Waals surface area contributed by atoms with Crippen LogP contribution in [0.2, 0.25) is 5.02 Å². The van der Waals surface area contributed by atoms with E-state index in [1.54, 1.807) is 49.6 Å². The van der Waals surface area contributed by atoms with E-state index in [9.17, 15) is 4.79 Å². The van der Waals surface area contributed by atoms with Crippen LogP contribution in [0.5, 0.6) is 17.2 Å². The van der Waals surface area contributed by atoms with Crippen molar-refractivity contribution < 1.29 is 23.7 Å². The molecule has 2 aromatic rings. The molecule has 6 nitrogen and oxygen atoms in total. The number of aliphatic imine (C=N–C) groups is 1. The van der Waals surface area contributed by atoms with E-state index in [1.165, 1.54) is 7.11 Å². The number of carbonyl (C=O) groups excluding carboxylic acids is 1. The number of cyclic esters (lactones) is 1. The number of nitrogens with zero attached hydrogens (tertiary/aromatic N) is 1. The molecule has 1 aliphatic heterocycles. The average Bonchev–Trinajstić information content (AvgIpc) is 3.04. The van der Waals surface area contributed by atoms with Crippen molar-refractivity contribution in [1.29, 1.82) is 0 Å². The van der Waals surface area contributed by atoms with Crippen molar-refractivity contribution in [3.05, 3.63) is 58.2 Å². The van der Waals surface area contributed by atoms with E-state index in [0.29, 0.717) is 33.4 Å². The van der Waals surface area contributed by atoms with Crippen molar-refractivity contribution in [3.8, 4) is 17.2 Å². The molecule has 0 amide bonds. The van der Waals surface area contributed by atoms with Crippen LogP contribution in [0.25, 0.3) is 6.08 Å². The minimum absolute atomic E-state index is 0.0583. The van der Waals surface area contributed by atoms with Crippen molar-refractivity contribution in [2.24, 2.45) is 4.99 Å². The molecular formula is C21H20ClNO5. The Kier molecular flexibility index (Phi) is 5.90. The number of methoxy groups -OCH3 is 2. The van der Waals surface area contributed by atoms with Gasteiger partial charge in [0.2, 0.25) is 5.90 Å². The quantitative estimate of drug-likeness (QED) is 0.527. The Labute approximate surface area is 168 Å². The molecule has 0 unspecified atom stereocenters. The van der Waals surface area contributed by atoms with Crippen molar-refractivity contribution >= 4 is 29.5 Å². The van der Waals surface area contributed by atoms with Gasteiger partial charge in [-0.15, -0.1) is 0 Å². The van der Waals surface area contributed by atoms with Gasteiger partial charge in [0.05, 0.1) is 25.3 Å². The molecule has 28 heavy (non-hydrogen) atoms.